The minimum atomic E-state index is -1.35. The third kappa shape index (κ3) is 9.96. The molecule has 2 rings (SSSR count). The van der Waals surface area contributed by atoms with Crippen LogP contribution in [-0.4, -0.2) is 52.0 Å². The molecule has 2 atom stereocenters. The van der Waals surface area contributed by atoms with Gasteiger partial charge in [0, 0.05) is 13.1 Å². The summed E-state index contributed by atoms with van der Waals surface area (Å²) >= 11 is 0. The molecule has 0 aromatic heterocycles. The van der Waals surface area contributed by atoms with E-state index in [4.69, 9.17) is 10.5 Å². The summed E-state index contributed by atoms with van der Waals surface area (Å²) in [5.41, 5.74) is 6.45. The van der Waals surface area contributed by atoms with E-state index >= 15 is 0 Å². The first-order chi connectivity index (χ1) is 18.3. The number of phenols is 1. The first kappa shape index (κ1) is 31.1. The third-order valence-electron chi connectivity index (χ3n) is 5.84. The summed E-state index contributed by atoms with van der Waals surface area (Å²) in [5, 5.41) is 15.4. The molecule has 2 aromatic rings. The molecule has 39 heavy (non-hydrogen) atoms. The van der Waals surface area contributed by atoms with Crippen LogP contribution < -0.4 is 16.4 Å². The molecule has 0 saturated carbocycles. The highest BCUT2D eigenvalue weighted by molar-refractivity contribution is 5.94. The first-order valence-electron chi connectivity index (χ1n) is 13.0. The molecule has 4 amide bonds. The lowest BCUT2D eigenvalue weighted by Crippen LogP contribution is -2.54. The van der Waals surface area contributed by atoms with Crippen molar-refractivity contribution in [2.24, 2.45) is 5.73 Å². The average molecular weight is 541 g/mol. The summed E-state index contributed by atoms with van der Waals surface area (Å²) in [6, 6.07) is 11.5. The number of nitrogens with zero attached hydrogens (tertiary/aromatic N) is 1. The molecule has 0 aliphatic heterocycles. The number of nitrogens with two attached hydrogens (primary N) is 1. The van der Waals surface area contributed by atoms with Crippen LogP contribution in [0.15, 0.2) is 48.5 Å². The number of hydrogen-bond donors (Lipinski definition) is 4. The Labute approximate surface area is 229 Å². The van der Waals surface area contributed by atoms with Crippen LogP contribution in [0.2, 0.25) is 0 Å². The van der Waals surface area contributed by atoms with E-state index in [0.717, 1.165) is 12.0 Å². The number of carbonyl (C=O) groups excluding carboxylic acids is 4. The van der Waals surface area contributed by atoms with Crippen LogP contribution in [0, 0.1) is 6.92 Å². The van der Waals surface area contributed by atoms with E-state index in [0.29, 0.717) is 17.5 Å². The van der Waals surface area contributed by atoms with E-state index in [1.165, 1.54) is 11.0 Å². The van der Waals surface area contributed by atoms with Crippen LogP contribution in [0.5, 0.6) is 5.75 Å². The van der Waals surface area contributed by atoms with E-state index in [2.05, 4.69) is 10.6 Å². The molecule has 10 heteroatoms. The summed E-state index contributed by atoms with van der Waals surface area (Å²) in [7, 11) is 0. The number of nitrogens with one attached hydrogen (secondary N) is 2. The van der Waals surface area contributed by atoms with Crippen molar-refractivity contribution in [3.05, 3.63) is 65.2 Å². The smallest absolute Gasteiger partial charge is 0.408 e. The predicted molar refractivity (Wildman–Crippen MR) is 147 cm³/mol. The normalized spacial score (nSPS) is 12.6. The zero-order valence-electron chi connectivity index (χ0n) is 23.3. The monoisotopic (exact) mass is 540 g/mol. The molecular weight excluding hydrogens is 500 g/mol. The fourth-order valence-electron chi connectivity index (χ4n) is 3.95. The van der Waals surface area contributed by atoms with Gasteiger partial charge in [0.05, 0.1) is 6.42 Å². The second-order valence-electron chi connectivity index (χ2n) is 10.4. The number of ether oxygens (including phenoxy) is 1. The highest BCUT2D eigenvalue weighted by atomic mass is 16.6. The number of carbonyl (C=O) groups is 4. The number of alkyl carbamates (subject to hydrolysis) is 1. The van der Waals surface area contributed by atoms with Crippen molar-refractivity contribution in [1.82, 2.24) is 15.5 Å². The van der Waals surface area contributed by atoms with Crippen molar-refractivity contribution in [3.63, 3.8) is 0 Å². The SMILES string of the molecule is CCCCN(C(=O)C(CC(N)=O)NC(=O)OC(C)(C)C)C(C(=O)NCc1ccccc1)c1ccc(O)c(C)c1. The number of unbranched alkanes of at least 4 members (excludes halogenated alkanes) is 1. The molecular formula is C29H40N4O6. The maximum Gasteiger partial charge on any atom is 0.408 e. The number of phenolic OH excluding ortho intramolecular Hbond substituents is 1. The van der Waals surface area contributed by atoms with Crippen molar-refractivity contribution in [1.29, 1.82) is 0 Å². The Balaban J connectivity index is 2.50. The zero-order chi connectivity index (χ0) is 29.2. The Kier molecular flexibility index (Phi) is 11.3. The highest BCUT2D eigenvalue weighted by Crippen LogP contribution is 2.28. The van der Waals surface area contributed by atoms with Gasteiger partial charge in [0.1, 0.15) is 23.4 Å². The predicted octanol–water partition coefficient (Wildman–Crippen LogP) is 3.46. The Bertz CT molecular complexity index is 1150. The van der Waals surface area contributed by atoms with E-state index in [-0.39, 0.29) is 18.8 Å². The third-order valence-corrected chi connectivity index (χ3v) is 5.84. The van der Waals surface area contributed by atoms with Gasteiger partial charge < -0.3 is 31.1 Å². The van der Waals surface area contributed by atoms with Crippen molar-refractivity contribution < 1.29 is 29.0 Å². The number of aromatic hydroxyl groups is 1. The summed E-state index contributed by atoms with van der Waals surface area (Å²) in [6.45, 7) is 9.05. The number of aryl methyl sites for hydroxylation is 1. The van der Waals surface area contributed by atoms with Crippen molar-refractivity contribution in [2.45, 2.75) is 78.1 Å². The van der Waals surface area contributed by atoms with Crippen LogP contribution in [0.25, 0.3) is 0 Å². The molecule has 0 aliphatic carbocycles. The Morgan fingerprint density at radius 1 is 1.08 bits per heavy atom. The van der Waals surface area contributed by atoms with Crippen LogP contribution >= 0.6 is 0 Å². The minimum Gasteiger partial charge on any atom is -0.508 e. The summed E-state index contributed by atoms with van der Waals surface area (Å²) in [6.07, 6.45) is -0.0890. The lowest BCUT2D eigenvalue weighted by molar-refractivity contribution is -0.143. The van der Waals surface area contributed by atoms with E-state index < -0.39 is 47.9 Å². The molecule has 2 aromatic carbocycles. The molecule has 5 N–H and O–H groups in total. The second-order valence-corrected chi connectivity index (χ2v) is 10.4. The fourth-order valence-corrected chi connectivity index (χ4v) is 3.95. The molecule has 0 aliphatic rings. The van der Waals surface area contributed by atoms with Crippen LogP contribution in [0.3, 0.4) is 0 Å². The molecule has 2 unspecified atom stereocenters. The quantitative estimate of drug-likeness (QED) is 0.324. The van der Waals surface area contributed by atoms with Crippen LogP contribution in [-0.2, 0) is 25.7 Å². The van der Waals surface area contributed by atoms with Gasteiger partial charge in [0.15, 0.2) is 0 Å². The van der Waals surface area contributed by atoms with Gasteiger partial charge >= 0.3 is 6.09 Å². The van der Waals surface area contributed by atoms with Crippen LogP contribution in [0.4, 0.5) is 4.79 Å². The standard InChI is InChI=1S/C29H40N4O6/c1-6-7-15-33(27(37)22(17-24(30)35)32-28(38)39-29(3,4)5)25(21-13-14-23(34)19(2)16-21)26(36)31-18-20-11-9-8-10-12-20/h8-14,16,22,25,34H,6-7,15,17-18H2,1-5H3,(H2,30,35)(H,31,36)(H,32,38). The van der Waals surface area contributed by atoms with Gasteiger partial charge in [-0.15, -0.1) is 0 Å². The minimum absolute atomic E-state index is 0.0480. The number of hydrogen-bond acceptors (Lipinski definition) is 6. The summed E-state index contributed by atoms with van der Waals surface area (Å²) < 4.78 is 5.29. The second kappa shape index (κ2) is 14.2. The van der Waals surface area contributed by atoms with Crippen molar-refractivity contribution in [2.75, 3.05) is 6.54 Å². The molecule has 0 heterocycles. The largest absolute Gasteiger partial charge is 0.508 e. The maximum atomic E-state index is 13.9. The van der Waals surface area contributed by atoms with Crippen LogP contribution in [0.1, 0.15) is 69.7 Å². The summed E-state index contributed by atoms with van der Waals surface area (Å²) in [5.74, 6) is -1.86. The topological polar surface area (TPSA) is 151 Å². The molecule has 0 saturated heterocycles. The Morgan fingerprint density at radius 2 is 1.74 bits per heavy atom. The number of rotatable bonds is 12. The molecule has 212 valence electrons. The lowest BCUT2D eigenvalue weighted by Gasteiger charge is -2.34. The highest BCUT2D eigenvalue weighted by Gasteiger charge is 2.36. The van der Waals surface area contributed by atoms with Gasteiger partial charge in [-0.2, -0.15) is 0 Å². The molecule has 10 nitrogen and oxygen atoms in total. The summed E-state index contributed by atoms with van der Waals surface area (Å²) in [4.78, 5) is 53.4. The number of benzene rings is 2. The van der Waals surface area contributed by atoms with Gasteiger partial charge in [0.25, 0.3) is 0 Å². The van der Waals surface area contributed by atoms with Gasteiger partial charge in [-0.3, -0.25) is 14.4 Å². The molecule has 0 fully saturated rings. The Hall–Kier alpha value is -4.08. The number of primary amides is 1. The Morgan fingerprint density at radius 3 is 2.31 bits per heavy atom. The van der Waals surface area contributed by atoms with E-state index in [9.17, 15) is 24.3 Å². The van der Waals surface area contributed by atoms with Gasteiger partial charge in [-0.1, -0.05) is 49.7 Å². The molecule has 0 bridgehead atoms. The van der Waals surface area contributed by atoms with Gasteiger partial charge in [0.2, 0.25) is 17.7 Å². The fraction of sp³-hybridized carbons (Fsp3) is 0.448. The lowest BCUT2D eigenvalue weighted by atomic mass is 9.99. The first-order valence-corrected chi connectivity index (χ1v) is 13.0. The molecule has 0 spiro atoms. The average Bonchev–Trinajstić information content (AvgIpc) is 2.85. The van der Waals surface area contributed by atoms with E-state index in [1.54, 1.807) is 39.8 Å². The van der Waals surface area contributed by atoms with Crippen molar-refractivity contribution >= 4 is 23.8 Å². The van der Waals surface area contributed by atoms with E-state index in [1.807, 2.05) is 37.3 Å². The maximum absolute atomic E-state index is 13.9. The zero-order valence-corrected chi connectivity index (χ0v) is 23.3. The van der Waals surface area contributed by atoms with Gasteiger partial charge in [-0.05, 0) is 62.9 Å². The molecule has 0 radical (unpaired) electrons. The van der Waals surface area contributed by atoms with Crippen molar-refractivity contribution in [3.8, 4) is 5.75 Å². The van der Waals surface area contributed by atoms with Gasteiger partial charge in [-0.25, -0.2) is 4.79 Å². The number of amides is 4.